The summed E-state index contributed by atoms with van der Waals surface area (Å²) in [6.07, 6.45) is 2.32. The lowest BCUT2D eigenvalue weighted by molar-refractivity contribution is 0.414. The summed E-state index contributed by atoms with van der Waals surface area (Å²) in [6, 6.07) is 21.2. The maximum Gasteiger partial charge on any atom is 0.124 e. The molecule has 36 heavy (non-hydrogen) atoms. The van der Waals surface area contributed by atoms with Gasteiger partial charge in [0.1, 0.15) is 34.5 Å². The number of phenolic OH excluding ortho intramolecular Hbond substituents is 4. The van der Waals surface area contributed by atoms with Crippen molar-refractivity contribution in [3.05, 3.63) is 95.1 Å². The molecular formula is C30H30O6. The van der Waals surface area contributed by atoms with Gasteiger partial charge in [0.05, 0.1) is 14.2 Å². The molecule has 0 bridgehead atoms. The first-order chi connectivity index (χ1) is 17.4. The summed E-state index contributed by atoms with van der Waals surface area (Å²) in [7, 11) is 3.23. The first-order valence-corrected chi connectivity index (χ1v) is 11.7. The third-order valence-electron chi connectivity index (χ3n) is 6.32. The lowest BCUT2D eigenvalue weighted by Gasteiger charge is -2.14. The van der Waals surface area contributed by atoms with Crippen molar-refractivity contribution in [2.75, 3.05) is 14.2 Å². The molecule has 0 fully saturated rings. The van der Waals surface area contributed by atoms with Crippen LogP contribution in [-0.2, 0) is 25.7 Å². The van der Waals surface area contributed by atoms with Crippen LogP contribution in [0.25, 0.3) is 11.1 Å². The summed E-state index contributed by atoms with van der Waals surface area (Å²) in [6.45, 7) is 0. The van der Waals surface area contributed by atoms with Crippen LogP contribution in [0, 0.1) is 0 Å². The van der Waals surface area contributed by atoms with E-state index in [2.05, 4.69) is 0 Å². The Morgan fingerprint density at radius 2 is 0.917 bits per heavy atom. The fourth-order valence-electron chi connectivity index (χ4n) is 4.29. The molecule has 0 saturated heterocycles. The Morgan fingerprint density at radius 1 is 0.500 bits per heavy atom. The van der Waals surface area contributed by atoms with E-state index >= 15 is 0 Å². The van der Waals surface area contributed by atoms with E-state index in [-0.39, 0.29) is 34.1 Å². The quantitative estimate of drug-likeness (QED) is 0.224. The fraction of sp³-hybridized carbons (Fsp3) is 0.200. The van der Waals surface area contributed by atoms with Gasteiger partial charge in [-0.3, -0.25) is 0 Å². The highest BCUT2D eigenvalue weighted by molar-refractivity contribution is 5.79. The van der Waals surface area contributed by atoms with E-state index in [1.165, 1.54) is 24.3 Å². The SMILES string of the molecule is COc1cccc(CCc2cc(O)c(-c3cc(O)c(CCc4cccc(OC)c4)cc3O)cc2O)c1. The van der Waals surface area contributed by atoms with Gasteiger partial charge in [0.15, 0.2) is 0 Å². The van der Waals surface area contributed by atoms with E-state index in [1.807, 2.05) is 48.5 Å². The monoisotopic (exact) mass is 486 g/mol. The highest BCUT2D eigenvalue weighted by Crippen LogP contribution is 2.42. The van der Waals surface area contributed by atoms with Crippen molar-refractivity contribution in [2.24, 2.45) is 0 Å². The van der Waals surface area contributed by atoms with Crippen molar-refractivity contribution < 1.29 is 29.9 Å². The van der Waals surface area contributed by atoms with Crippen LogP contribution in [0.5, 0.6) is 34.5 Å². The summed E-state index contributed by atoms with van der Waals surface area (Å²) in [4.78, 5) is 0. The van der Waals surface area contributed by atoms with Crippen LogP contribution < -0.4 is 9.47 Å². The Morgan fingerprint density at radius 3 is 1.31 bits per heavy atom. The number of ether oxygens (including phenoxy) is 2. The maximum atomic E-state index is 10.7. The molecule has 6 heteroatoms. The van der Waals surface area contributed by atoms with Crippen molar-refractivity contribution in [2.45, 2.75) is 25.7 Å². The molecule has 4 aromatic rings. The largest absolute Gasteiger partial charge is 0.508 e. The Hall–Kier alpha value is -4.32. The normalized spacial score (nSPS) is 10.8. The average Bonchev–Trinajstić information content (AvgIpc) is 2.89. The first-order valence-electron chi connectivity index (χ1n) is 11.7. The molecule has 0 heterocycles. The van der Waals surface area contributed by atoms with Crippen molar-refractivity contribution in [1.82, 2.24) is 0 Å². The molecular weight excluding hydrogens is 456 g/mol. The van der Waals surface area contributed by atoms with E-state index in [0.29, 0.717) is 36.8 Å². The van der Waals surface area contributed by atoms with Gasteiger partial charge in [-0.15, -0.1) is 0 Å². The number of phenols is 4. The molecule has 186 valence electrons. The second-order valence-electron chi connectivity index (χ2n) is 8.70. The maximum absolute atomic E-state index is 10.7. The second-order valence-corrected chi connectivity index (χ2v) is 8.70. The number of benzene rings is 4. The number of hydrogen-bond acceptors (Lipinski definition) is 6. The van der Waals surface area contributed by atoms with E-state index in [0.717, 1.165) is 22.6 Å². The van der Waals surface area contributed by atoms with Crippen molar-refractivity contribution in [1.29, 1.82) is 0 Å². The van der Waals surface area contributed by atoms with Gasteiger partial charge >= 0.3 is 0 Å². The Bertz CT molecular complexity index is 1260. The van der Waals surface area contributed by atoms with Crippen LogP contribution in [0.3, 0.4) is 0 Å². The fourth-order valence-corrected chi connectivity index (χ4v) is 4.29. The van der Waals surface area contributed by atoms with Crippen molar-refractivity contribution >= 4 is 0 Å². The van der Waals surface area contributed by atoms with Gasteiger partial charge in [0.2, 0.25) is 0 Å². The summed E-state index contributed by atoms with van der Waals surface area (Å²) in [5.74, 6) is 1.35. The van der Waals surface area contributed by atoms with Crippen LogP contribution in [-0.4, -0.2) is 34.6 Å². The van der Waals surface area contributed by atoms with E-state index in [9.17, 15) is 20.4 Å². The molecule has 0 aliphatic heterocycles. The van der Waals surface area contributed by atoms with Crippen LogP contribution in [0.1, 0.15) is 22.3 Å². The number of hydrogen-bond donors (Lipinski definition) is 4. The number of rotatable bonds is 9. The Balaban J connectivity index is 1.52. The zero-order valence-electron chi connectivity index (χ0n) is 20.4. The smallest absolute Gasteiger partial charge is 0.124 e. The minimum absolute atomic E-state index is 0.00619. The minimum Gasteiger partial charge on any atom is -0.508 e. The third-order valence-corrected chi connectivity index (χ3v) is 6.32. The molecule has 0 aliphatic rings. The standard InChI is InChI=1S/C30H30O6/c1-35-23-7-3-5-19(13-23)9-11-21-15-29(33)25(17-27(21)31)26-18-28(32)22(16-30(26)34)12-10-20-6-4-8-24(14-20)36-2/h3-8,13-18,31-34H,9-12H2,1-2H3. The van der Waals surface area contributed by atoms with Crippen LogP contribution >= 0.6 is 0 Å². The lowest BCUT2D eigenvalue weighted by Crippen LogP contribution is -1.95. The summed E-state index contributed by atoms with van der Waals surface area (Å²) in [5, 5.41) is 42.7. The van der Waals surface area contributed by atoms with E-state index in [4.69, 9.17) is 9.47 Å². The van der Waals surface area contributed by atoms with Gasteiger partial charge in [-0.05, 0) is 96.5 Å². The molecule has 4 rings (SSSR count). The van der Waals surface area contributed by atoms with Gasteiger partial charge < -0.3 is 29.9 Å². The molecule has 6 nitrogen and oxygen atoms in total. The molecule has 0 saturated carbocycles. The lowest BCUT2D eigenvalue weighted by atomic mass is 9.95. The molecule has 0 amide bonds. The highest BCUT2D eigenvalue weighted by Gasteiger charge is 2.17. The molecule has 4 N–H and O–H groups in total. The Labute approximate surface area is 210 Å². The van der Waals surface area contributed by atoms with Gasteiger partial charge in [0, 0.05) is 11.1 Å². The average molecular weight is 487 g/mol. The molecule has 0 unspecified atom stereocenters. The summed E-state index contributed by atoms with van der Waals surface area (Å²) in [5.41, 5.74) is 3.73. The Kier molecular flexibility index (Phi) is 7.54. The molecule has 0 spiro atoms. The zero-order valence-corrected chi connectivity index (χ0v) is 20.4. The van der Waals surface area contributed by atoms with Crippen molar-refractivity contribution in [3.63, 3.8) is 0 Å². The van der Waals surface area contributed by atoms with E-state index in [1.54, 1.807) is 14.2 Å². The topological polar surface area (TPSA) is 99.4 Å². The molecule has 0 atom stereocenters. The number of methoxy groups -OCH3 is 2. The van der Waals surface area contributed by atoms with E-state index < -0.39 is 0 Å². The molecule has 0 radical (unpaired) electrons. The van der Waals surface area contributed by atoms with Crippen LogP contribution in [0.2, 0.25) is 0 Å². The molecule has 0 aliphatic carbocycles. The summed E-state index contributed by atoms with van der Waals surface area (Å²) >= 11 is 0. The predicted molar refractivity (Wildman–Crippen MR) is 139 cm³/mol. The molecule has 4 aromatic carbocycles. The third kappa shape index (κ3) is 5.66. The zero-order chi connectivity index (χ0) is 25.7. The van der Waals surface area contributed by atoms with Gasteiger partial charge in [0.25, 0.3) is 0 Å². The van der Waals surface area contributed by atoms with Gasteiger partial charge in [-0.2, -0.15) is 0 Å². The van der Waals surface area contributed by atoms with Gasteiger partial charge in [-0.1, -0.05) is 24.3 Å². The number of aromatic hydroxyl groups is 4. The highest BCUT2D eigenvalue weighted by atomic mass is 16.5. The summed E-state index contributed by atoms with van der Waals surface area (Å²) < 4.78 is 10.5. The van der Waals surface area contributed by atoms with Gasteiger partial charge in [-0.25, -0.2) is 0 Å². The second kappa shape index (κ2) is 11.0. The first kappa shape index (κ1) is 24.8. The minimum atomic E-state index is -0.0905. The predicted octanol–water partition coefficient (Wildman–Crippen LogP) is 5.76. The van der Waals surface area contributed by atoms with Crippen LogP contribution in [0.15, 0.2) is 72.8 Å². The number of aryl methyl sites for hydroxylation is 4. The van der Waals surface area contributed by atoms with Crippen LogP contribution in [0.4, 0.5) is 0 Å². The van der Waals surface area contributed by atoms with Crippen molar-refractivity contribution in [3.8, 4) is 45.6 Å². The molecule has 0 aromatic heterocycles.